The zero-order valence-electron chi connectivity index (χ0n) is 13.6. The summed E-state index contributed by atoms with van der Waals surface area (Å²) in [5.41, 5.74) is 4.83. The molecule has 2 heterocycles. The number of nitrogens with zero attached hydrogens (tertiary/aromatic N) is 1. The van der Waals surface area contributed by atoms with Gasteiger partial charge in [0.05, 0.1) is 18.6 Å². The number of benzene rings is 2. The van der Waals surface area contributed by atoms with Crippen LogP contribution >= 0.6 is 0 Å². The fraction of sp³-hybridized carbons (Fsp3) is 0.350. The van der Waals surface area contributed by atoms with Gasteiger partial charge in [0.25, 0.3) is 0 Å². The van der Waals surface area contributed by atoms with Crippen molar-refractivity contribution >= 4 is 11.6 Å². The van der Waals surface area contributed by atoms with Crippen LogP contribution in [0.1, 0.15) is 29.2 Å². The van der Waals surface area contributed by atoms with E-state index in [0.29, 0.717) is 25.6 Å². The first kappa shape index (κ1) is 15.2. The fourth-order valence-electron chi connectivity index (χ4n) is 3.55. The fourth-order valence-corrected chi connectivity index (χ4v) is 3.55. The van der Waals surface area contributed by atoms with Gasteiger partial charge in [-0.1, -0.05) is 42.5 Å². The highest BCUT2D eigenvalue weighted by molar-refractivity contribution is 5.80. The number of anilines is 1. The van der Waals surface area contributed by atoms with Crippen molar-refractivity contribution in [3.8, 4) is 0 Å². The van der Waals surface area contributed by atoms with Crippen molar-refractivity contribution in [2.45, 2.75) is 31.4 Å². The molecule has 24 heavy (non-hydrogen) atoms. The van der Waals surface area contributed by atoms with Gasteiger partial charge >= 0.3 is 0 Å². The highest BCUT2D eigenvalue weighted by atomic mass is 16.3. The molecule has 4 heteroatoms. The summed E-state index contributed by atoms with van der Waals surface area (Å²) in [7, 11) is 0. The molecule has 1 unspecified atom stereocenters. The van der Waals surface area contributed by atoms with E-state index in [1.807, 2.05) is 12.1 Å². The number of likely N-dealkylation sites (tertiary alicyclic amines) is 1. The van der Waals surface area contributed by atoms with E-state index >= 15 is 0 Å². The van der Waals surface area contributed by atoms with E-state index < -0.39 is 0 Å². The number of aryl methyl sites for hydroxylation is 1. The number of fused-ring (bicyclic) bond motifs is 1. The Morgan fingerprint density at radius 2 is 1.96 bits per heavy atom. The van der Waals surface area contributed by atoms with Crippen molar-refractivity contribution in [2.75, 3.05) is 18.4 Å². The van der Waals surface area contributed by atoms with Gasteiger partial charge in [0.15, 0.2) is 0 Å². The first-order valence-corrected chi connectivity index (χ1v) is 8.58. The number of aliphatic hydroxyl groups excluding tert-OH is 1. The maximum Gasteiger partial charge on any atom is 0.227 e. The van der Waals surface area contributed by atoms with Crippen LogP contribution < -0.4 is 5.32 Å². The SMILES string of the molecule is O=C(Cc1ccc2c(c1)CCC(c1ccccc1)N2)N1CC(O)C1. The Bertz CT molecular complexity index is 739. The van der Waals surface area contributed by atoms with Gasteiger partial charge in [0.1, 0.15) is 0 Å². The molecule has 1 fully saturated rings. The minimum atomic E-state index is -0.336. The second-order valence-corrected chi connectivity index (χ2v) is 6.77. The molecule has 2 aliphatic heterocycles. The molecule has 0 aromatic heterocycles. The summed E-state index contributed by atoms with van der Waals surface area (Å²) in [5, 5.41) is 12.9. The standard InChI is InChI=1S/C20H22N2O2/c23-17-12-22(13-17)20(24)11-14-6-8-19-16(10-14)7-9-18(21-19)15-4-2-1-3-5-15/h1-6,8,10,17-18,21,23H,7,9,11-13H2. The van der Waals surface area contributed by atoms with Crippen molar-refractivity contribution < 1.29 is 9.90 Å². The smallest absolute Gasteiger partial charge is 0.227 e. The Morgan fingerprint density at radius 3 is 2.71 bits per heavy atom. The van der Waals surface area contributed by atoms with Crippen molar-refractivity contribution in [2.24, 2.45) is 0 Å². The maximum atomic E-state index is 12.1. The third-order valence-corrected chi connectivity index (χ3v) is 4.97. The zero-order chi connectivity index (χ0) is 16.5. The first-order chi connectivity index (χ1) is 11.7. The molecule has 2 aromatic rings. The number of hydrogen-bond donors (Lipinski definition) is 2. The van der Waals surface area contributed by atoms with Gasteiger partial charge in [-0.05, 0) is 35.6 Å². The Kier molecular flexibility index (Phi) is 3.98. The highest BCUT2D eigenvalue weighted by Crippen LogP contribution is 2.33. The molecule has 2 N–H and O–H groups in total. The van der Waals surface area contributed by atoms with Crippen molar-refractivity contribution in [3.05, 3.63) is 65.2 Å². The van der Waals surface area contributed by atoms with Crippen LogP contribution in [0, 0.1) is 0 Å². The Balaban J connectivity index is 1.44. The molecule has 1 amide bonds. The van der Waals surface area contributed by atoms with Crippen molar-refractivity contribution in [1.82, 2.24) is 4.90 Å². The molecule has 2 aliphatic rings. The number of rotatable bonds is 3. The highest BCUT2D eigenvalue weighted by Gasteiger charge is 2.28. The second-order valence-electron chi connectivity index (χ2n) is 6.77. The zero-order valence-corrected chi connectivity index (χ0v) is 13.6. The Labute approximate surface area is 142 Å². The van der Waals surface area contributed by atoms with Crippen molar-refractivity contribution in [1.29, 1.82) is 0 Å². The van der Waals surface area contributed by atoms with Gasteiger partial charge in [0.2, 0.25) is 5.91 Å². The summed E-state index contributed by atoms with van der Waals surface area (Å²) in [6.07, 6.45) is 2.16. The van der Waals surface area contributed by atoms with Gasteiger partial charge in [0, 0.05) is 18.8 Å². The average Bonchev–Trinajstić information content (AvgIpc) is 2.59. The molecule has 0 spiro atoms. The summed E-state index contributed by atoms with van der Waals surface area (Å²) >= 11 is 0. The van der Waals surface area contributed by atoms with E-state index in [1.54, 1.807) is 4.90 Å². The quantitative estimate of drug-likeness (QED) is 0.913. The van der Waals surface area contributed by atoms with Crippen LogP contribution in [-0.4, -0.2) is 35.1 Å². The topological polar surface area (TPSA) is 52.6 Å². The monoisotopic (exact) mass is 322 g/mol. The molecular weight excluding hydrogens is 300 g/mol. The number of hydrogen-bond acceptors (Lipinski definition) is 3. The van der Waals surface area contributed by atoms with Gasteiger partial charge in [-0.3, -0.25) is 4.79 Å². The molecule has 0 aliphatic carbocycles. The maximum absolute atomic E-state index is 12.1. The lowest BCUT2D eigenvalue weighted by atomic mass is 9.92. The molecule has 1 atom stereocenters. The molecule has 2 aromatic carbocycles. The number of β-amino-alcohol motifs (C(OH)–C–C–N with tert-alkyl or cyclic N) is 1. The van der Waals surface area contributed by atoms with Gasteiger partial charge in [-0.2, -0.15) is 0 Å². The van der Waals surface area contributed by atoms with E-state index in [1.165, 1.54) is 16.8 Å². The molecule has 4 rings (SSSR count). The summed E-state index contributed by atoms with van der Waals surface area (Å²) in [5.74, 6) is 0.103. The van der Waals surface area contributed by atoms with Gasteiger partial charge in [-0.15, -0.1) is 0 Å². The predicted molar refractivity (Wildman–Crippen MR) is 93.9 cm³/mol. The summed E-state index contributed by atoms with van der Waals surface area (Å²) in [4.78, 5) is 13.9. The number of carbonyl (C=O) groups excluding carboxylic acids is 1. The molecule has 0 saturated carbocycles. The number of aliphatic hydroxyl groups is 1. The van der Waals surface area contributed by atoms with E-state index in [4.69, 9.17) is 0 Å². The van der Waals surface area contributed by atoms with Crippen LogP contribution in [0.25, 0.3) is 0 Å². The Morgan fingerprint density at radius 1 is 1.17 bits per heavy atom. The number of carbonyl (C=O) groups is 1. The van der Waals surface area contributed by atoms with Crippen LogP contribution in [0.5, 0.6) is 0 Å². The van der Waals surface area contributed by atoms with E-state index in [9.17, 15) is 9.90 Å². The third kappa shape index (κ3) is 3.02. The summed E-state index contributed by atoms with van der Waals surface area (Å²) in [6, 6.07) is 17.2. The van der Waals surface area contributed by atoms with E-state index in [-0.39, 0.29) is 12.0 Å². The van der Waals surface area contributed by atoms with Gasteiger partial charge < -0.3 is 15.3 Å². The van der Waals surface area contributed by atoms with E-state index in [2.05, 4.69) is 41.7 Å². The molecule has 124 valence electrons. The third-order valence-electron chi connectivity index (χ3n) is 4.97. The lowest BCUT2D eigenvalue weighted by molar-refractivity contribution is -0.140. The molecule has 4 nitrogen and oxygen atoms in total. The molecule has 1 saturated heterocycles. The first-order valence-electron chi connectivity index (χ1n) is 8.58. The summed E-state index contributed by atoms with van der Waals surface area (Å²) < 4.78 is 0. The second kappa shape index (κ2) is 6.29. The number of amides is 1. The number of nitrogens with one attached hydrogen (secondary N) is 1. The largest absolute Gasteiger partial charge is 0.389 e. The lowest BCUT2D eigenvalue weighted by Gasteiger charge is -2.36. The minimum absolute atomic E-state index is 0.103. The molecule has 0 radical (unpaired) electrons. The molecular formula is C20H22N2O2. The lowest BCUT2D eigenvalue weighted by Crippen LogP contribution is -2.53. The average molecular weight is 322 g/mol. The van der Waals surface area contributed by atoms with Crippen LogP contribution in [0.15, 0.2) is 48.5 Å². The van der Waals surface area contributed by atoms with Gasteiger partial charge in [-0.25, -0.2) is 0 Å². The summed E-state index contributed by atoms with van der Waals surface area (Å²) in [6.45, 7) is 0.953. The molecule has 0 bridgehead atoms. The van der Waals surface area contributed by atoms with E-state index in [0.717, 1.165) is 18.4 Å². The van der Waals surface area contributed by atoms with Crippen molar-refractivity contribution in [3.63, 3.8) is 0 Å². The van der Waals surface area contributed by atoms with Crippen LogP contribution in [0.2, 0.25) is 0 Å². The predicted octanol–water partition coefficient (Wildman–Crippen LogP) is 2.53. The van der Waals surface area contributed by atoms with Crippen LogP contribution in [0.4, 0.5) is 5.69 Å². The normalized spacial score (nSPS) is 20.0. The Hall–Kier alpha value is -2.33. The minimum Gasteiger partial charge on any atom is -0.389 e. The van der Waals surface area contributed by atoms with Crippen LogP contribution in [-0.2, 0) is 17.6 Å². The van der Waals surface area contributed by atoms with Crippen LogP contribution in [0.3, 0.4) is 0 Å².